The van der Waals surface area contributed by atoms with Crippen molar-refractivity contribution >= 4 is 11.8 Å². The average Bonchev–Trinajstić information content (AvgIpc) is 3.49. The van der Waals surface area contributed by atoms with E-state index in [9.17, 15) is 9.18 Å². The summed E-state index contributed by atoms with van der Waals surface area (Å²) in [5.74, 6) is 0.317. The van der Waals surface area contributed by atoms with Crippen molar-refractivity contribution in [1.82, 2.24) is 25.5 Å². The summed E-state index contributed by atoms with van der Waals surface area (Å²) >= 11 is 0. The normalized spacial score (nSPS) is 20.1. The number of benzene rings is 2. The van der Waals surface area contributed by atoms with Gasteiger partial charge >= 0.3 is 6.09 Å². The van der Waals surface area contributed by atoms with Crippen molar-refractivity contribution in [3.8, 4) is 11.4 Å². The van der Waals surface area contributed by atoms with Crippen LogP contribution in [0, 0.1) is 5.82 Å². The summed E-state index contributed by atoms with van der Waals surface area (Å²) in [5.41, 5.74) is 2.59. The number of aromatic nitrogens is 4. The number of rotatable bonds is 6. The molecule has 2 aromatic carbocycles. The number of carbonyl (C=O) groups excluding carboxylic acids is 1. The number of alkyl carbamates (subject to hydrolysis) is 1. The van der Waals surface area contributed by atoms with Crippen molar-refractivity contribution in [2.75, 3.05) is 26.2 Å². The number of nitrogens with zero attached hydrogens (tertiary/aromatic N) is 5. The number of halogens is 1. The summed E-state index contributed by atoms with van der Waals surface area (Å²) < 4.78 is 25.6. The lowest BCUT2D eigenvalue weighted by molar-refractivity contribution is 0.165. The first kappa shape index (κ1) is 21.5. The molecule has 0 aliphatic heterocycles. The lowest BCUT2D eigenvalue weighted by Crippen LogP contribution is -2.42. The van der Waals surface area contributed by atoms with Gasteiger partial charge < -0.3 is 19.7 Å². The predicted octanol–water partition coefficient (Wildman–Crippen LogP) is 2.92. The number of nitrogens with one attached hydrogen (secondary N) is 1. The summed E-state index contributed by atoms with van der Waals surface area (Å²) in [5, 5.41) is 14.3. The van der Waals surface area contributed by atoms with E-state index in [0.717, 1.165) is 29.8 Å². The Bertz CT molecular complexity index is 1060. The monoisotopic (exact) mass is 440 g/mol. The average molecular weight is 440 g/mol. The maximum atomic E-state index is 13.6. The van der Waals surface area contributed by atoms with E-state index in [4.69, 9.17) is 9.47 Å². The van der Waals surface area contributed by atoms with E-state index < -0.39 is 6.09 Å². The van der Waals surface area contributed by atoms with E-state index in [1.54, 1.807) is 23.9 Å². The van der Waals surface area contributed by atoms with Gasteiger partial charge in [-0.05, 0) is 59.2 Å². The number of tetrazole rings is 1. The molecule has 1 N–H and O–H groups in total. The van der Waals surface area contributed by atoms with E-state index in [1.807, 2.05) is 25.2 Å². The van der Waals surface area contributed by atoms with E-state index >= 15 is 0 Å². The lowest BCUT2D eigenvalue weighted by Gasteiger charge is -2.34. The quantitative estimate of drug-likeness (QED) is 0.630. The second-order valence-electron chi connectivity index (χ2n) is 7.69. The van der Waals surface area contributed by atoms with Gasteiger partial charge in [0, 0.05) is 25.0 Å². The van der Waals surface area contributed by atoms with Crippen molar-refractivity contribution in [1.29, 1.82) is 0 Å². The second kappa shape index (κ2) is 9.21. The van der Waals surface area contributed by atoms with Crippen LogP contribution in [0.15, 0.2) is 48.8 Å². The summed E-state index contributed by atoms with van der Waals surface area (Å²) in [6, 6.07) is 12.0. The minimum atomic E-state index is -0.483. The van der Waals surface area contributed by atoms with E-state index in [1.165, 1.54) is 25.6 Å². The molecule has 1 heterocycles. The van der Waals surface area contributed by atoms with Crippen LogP contribution in [0.5, 0.6) is 5.75 Å². The molecule has 3 aromatic rings. The maximum Gasteiger partial charge on any atom is 0.407 e. The van der Waals surface area contributed by atoms with Gasteiger partial charge in [-0.2, -0.15) is 0 Å². The molecule has 4 rings (SSSR count). The highest BCUT2D eigenvalue weighted by Crippen LogP contribution is 2.42. The van der Waals surface area contributed by atoms with Crippen LogP contribution in [0.1, 0.15) is 24.3 Å². The Hall–Kier alpha value is -3.69. The van der Waals surface area contributed by atoms with E-state index in [-0.39, 0.29) is 23.8 Å². The van der Waals surface area contributed by atoms with Crippen LogP contribution in [0.2, 0.25) is 0 Å². The zero-order valence-corrected chi connectivity index (χ0v) is 18.1. The Balaban J connectivity index is 1.71. The third kappa shape index (κ3) is 4.20. The highest BCUT2D eigenvalue weighted by Gasteiger charge is 2.41. The van der Waals surface area contributed by atoms with Crippen molar-refractivity contribution in [3.63, 3.8) is 0 Å². The highest BCUT2D eigenvalue weighted by molar-refractivity contribution is 5.68. The third-order valence-corrected chi connectivity index (χ3v) is 6.02. The topological polar surface area (TPSA) is 94.4 Å². The predicted molar refractivity (Wildman–Crippen MR) is 116 cm³/mol. The Labute approximate surface area is 185 Å². The minimum absolute atomic E-state index is 0.0145. The maximum absolute atomic E-state index is 13.6. The number of methoxy groups -OCH3 is 2. The van der Waals surface area contributed by atoms with Crippen LogP contribution in [-0.2, 0) is 4.74 Å². The first-order valence-corrected chi connectivity index (χ1v) is 10.3. The standard InChI is InChI=1S/C22H25FN6O3/c1-28(19-12-16(8-11-20(19)31-2)29-13-24-26-27-29)18-10-9-17(25-22(30)32-3)21(18)14-4-6-15(23)7-5-14/h4-8,11-13,17-18,21H,9-10H2,1-3H3,(H,25,30). The fourth-order valence-electron chi connectivity index (χ4n) is 4.48. The van der Waals surface area contributed by atoms with E-state index in [2.05, 4.69) is 25.7 Å². The fraction of sp³-hybridized carbons (Fsp3) is 0.364. The largest absolute Gasteiger partial charge is 0.495 e. The van der Waals surface area contributed by atoms with Gasteiger partial charge in [0.2, 0.25) is 0 Å². The Morgan fingerprint density at radius 1 is 1.19 bits per heavy atom. The molecule has 3 atom stereocenters. The van der Waals surface area contributed by atoms with Gasteiger partial charge in [0.15, 0.2) is 0 Å². The van der Waals surface area contributed by atoms with Gasteiger partial charge in [-0.15, -0.1) is 5.10 Å². The van der Waals surface area contributed by atoms with Gasteiger partial charge in [-0.25, -0.2) is 13.9 Å². The Kier molecular flexibility index (Phi) is 6.20. The summed E-state index contributed by atoms with van der Waals surface area (Å²) in [6.45, 7) is 0. The summed E-state index contributed by atoms with van der Waals surface area (Å²) in [7, 11) is 4.95. The molecule has 0 bridgehead atoms. The molecular weight excluding hydrogens is 415 g/mol. The van der Waals surface area contributed by atoms with Gasteiger partial charge in [0.05, 0.1) is 25.6 Å². The molecule has 1 fully saturated rings. The molecule has 1 aliphatic rings. The van der Waals surface area contributed by atoms with Crippen LogP contribution in [-0.4, -0.2) is 59.7 Å². The number of hydrogen-bond acceptors (Lipinski definition) is 7. The molecule has 32 heavy (non-hydrogen) atoms. The first-order chi connectivity index (χ1) is 15.5. The molecule has 1 aromatic heterocycles. The van der Waals surface area contributed by atoms with Crippen LogP contribution in [0.25, 0.3) is 5.69 Å². The number of likely N-dealkylation sites (N-methyl/N-ethyl adjacent to an activating group) is 1. The fourth-order valence-corrected chi connectivity index (χ4v) is 4.48. The molecule has 0 radical (unpaired) electrons. The molecule has 9 nitrogen and oxygen atoms in total. The zero-order chi connectivity index (χ0) is 22.7. The molecule has 3 unspecified atom stereocenters. The van der Waals surface area contributed by atoms with Gasteiger partial charge in [-0.1, -0.05) is 12.1 Å². The molecule has 168 valence electrons. The molecule has 0 saturated heterocycles. The smallest absolute Gasteiger partial charge is 0.407 e. The Morgan fingerprint density at radius 2 is 1.97 bits per heavy atom. The van der Waals surface area contributed by atoms with Crippen molar-refractivity contribution in [2.45, 2.75) is 30.8 Å². The Morgan fingerprint density at radius 3 is 2.62 bits per heavy atom. The van der Waals surface area contributed by atoms with Crippen LogP contribution >= 0.6 is 0 Å². The number of amides is 1. The number of carbonyl (C=O) groups is 1. The number of anilines is 1. The zero-order valence-electron chi connectivity index (χ0n) is 18.1. The molecule has 1 amide bonds. The van der Waals surface area contributed by atoms with Crippen LogP contribution in [0.3, 0.4) is 0 Å². The van der Waals surface area contributed by atoms with Crippen molar-refractivity contribution in [3.05, 3.63) is 60.2 Å². The van der Waals surface area contributed by atoms with Crippen LogP contribution in [0.4, 0.5) is 14.9 Å². The third-order valence-electron chi connectivity index (χ3n) is 6.02. The SMILES string of the molecule is COC(=O)NC1CCC(N(C)c2cc(-n3cnnn3)ccc2OC)C1c1ccc(F)cc1. The highest BCUT2D eigenvalue weighted by atomic mass is 19.1. The molecule has 1 aliphatic carbocycles. The molecular formula is C22H25FN6O3. The summed E-state index contributed by atoms with van der Waals surface area (Å²) in [6.07, 6.45) is 2.61. The minimum Gasteiger partial charge on any atom is -0.495 e. The summed E-state index contributed by atoms with van der Waals surface area (Å²) in [4.78, 5) is 14.1. The van der Waals surface area contributed by atoms with Crippen molar-refractivity contribution < 1.29 is 18.7 Å². The lowest BCUT2D eigenvalue weighted by atomic mass is 9.90. The van der Waals surface area contributed by atoms with Gasteiger partial charge in [0.1, 0.15) is 17.9 Å². The second-order valence-corrected chi connectivity index (χ2v) is 7.69. The molecule has 0 spiro atoms. The van der Waals surface area contributed by atoms with Crippen molar-refractivity contribution in [2.24, 2.45) is 0 Å². The van der Waals surface area contributed by atoms with Crippen LogP contribution < -0.4 is 15.0 Å². The first-order valence-electron chi connectivity index (χ1n) is 10.3. The van der Waals surface area contributed by atoms with Gasteiger partial charge in [0.25, 0.3) is 0 Å². The number of ether oxygens (including phenoxy) is 2. The molecule has 1 saturated carbocycles. The molecule has 10 heteroatoms. The number of hydrogen-bond donors (Lipinski definition) is 1. The van der Waals surface area contributed by atoms with Gasteiger partial charge in [-0.3, -0.25) is 0 Å². The van der Waals surface area contributed by atoms with E-state index in [0.29, 0.717) is 5.75 Å².